The number of carbonyl (C=O) groups excluding carboxylic acids is 1. The number of anilines is 2. The molecule has 2 aromatic rings. The van der Waals surface area contributed by atoms with Gasteiger partial charge in [0.15, 0.2) is 11.6 Å². The number of amides is 1. The first-order valence-corrected chi connectivity index (χ1v) is 8.11. The van der Waals surface area contributed by atoms with Crippen molar-refractivity contribution >= 4 is 17.3 Å². The van der Waals surface area contributed by atoms with Gasteiger partial charge < -0.3 is 10.2 Å². The van der Waals surface area contributed by atoms with E-state index in [0.717, 1.165) is 43.8 Å². The van der Waals surface area contributed by atoms with Gasteiger partial charge in [-0.2, -0.15) is 0 Å². The van der Waals surface area contributed by atoms with Gasteiger partial charge in [-0.05, 0) is 37.1 Å². The zero-order valence-electron chi connectivity index (χ0n) is 13.3. The Morgan fingerprint density at radius 1 is 1.00 bits per heavy atom. The van der Waals surface area contributed by atoms with E-state index >= 15 is 0 Å². The second kappa shape index (κ2) is 7.38. The number of pyridine rings is 1. The molecule has 0 radical (unpaired) electrons. The van der Waals surface area contributed by atoms with Crippen LogP contribution in [0.4, 0.5) is 20.2 Å². The molecule has 1 amide bonds. The summed E-state index contributed by atoms with van der Waals surface area (Å²) in [5, 5.41) is 2.54. The van der Waals surface area contributed by atoms with Crippen LogP contribution in [0.2, 0.25) is 0 Å². The zero-order chi connectivity index (χ0) is 16.9. The fraction of sp³-hybridized carbons (Fsp3) is 0.333. The van der Waals surface area contributed by atoms with Gasteiger partial charge >= 0.3 is 0 Å². The molecule has 3 rings (SSSR count). The lowest BCUT2D eigenvalue weighted by molar-refractivity contribution is 0.102. The van der Waals surface area contributed by atoms with Crippen molar-refractivity contribution < 1.29 is 13.6 Å². The van der Waals surface area contributed by atoms with Crippen molar-refractivity contribution in [2.45, 2.75) is 25.7 Å². The van der Waals surface area contributed by atoms with Crippen LogP contribution in [0.1, 0.15) is 36.2 Å². The average Bonchev–Trinajstić information content (AvgIpc) is 2.88. The van der Waals surface area contributed by atoms with Gasteiger partial charge in [0.05, 0.1) is 0 Å². The summed E-state index contributed by atoms with van der Waals surface area (Å²) in [4.78, 5) is 18.6. The molecule has 0 spiro atoms. The van der Waals surface area contributed by atoms with E-state index in [1.165, 1.54) is 18.9 Å². The highest BCUT2D eigenvalue weighted by molar-refractivity contribution is 6.03. The normalized spacial score (nSPS) is 15.0. The maximum atomic E-state index is 13.2. The Morgan fingerprint density at radius 2 is 1.75 bits per heavy atom. The predicted molar refractivity (Wildman–Crippen MR) is 89.2 cm³/mol. The van der Waals surface area contributed by atoms with Crippen LogP contribution in [0.25, 0.3) is 0 Å². The van der Waals surface area contributed by atoms with Crippen LogP contribution in [-0.4, -0.2) is 24.0 Å². The number of carbonyl (C=O) groups is 1. The van der Waals surface area contributed by atoms with E-state index in [-0.39, 0.29) is 11.4 Å². The summed E-state index contributed by atoms with van der Waals surface area (Å²) in [5.41, 5.74) is 1.41. The minimum Gasteiger partial charge on any atom is -0.371 e. The summed E-state index contributed by atoms with van der Waals surface area (Å²) in [6.45, 7) is 1.93. The number of benzene rings is 1. The maximum absolute atomic E-state index is 13.2. The van der Waals surface area contributed by atoms with Gasteiger partial charge in [0.1, 0.15) is 5.69 Å². The third-order valence-electron chi connectivity index (χ3n) is 4.12. The molecule has 0 saturated carbocycles. The summed E-state index contributed by atoms with van der Waals surface area (Å²) in [5.74, 6) is -2.40. The van der Waals surface area contributed by atoms with E-state index in [9.17, 15) is 13.6 Å². The van der Waals surface area contributed by atoms with Gasteiger partial charge in [-0.3, -0.25) is 9.78 Å². The molecular weight excluding hydrogens is 312 g/mol. The highest BCUT2D eigenvalue weighted by Gasteiger charge is 2.14. The smallest absolute Gasteiger partial charge is 0.274 e. The van der Waals surface area contributed by atoms with Gasteiger partial charge in [-0.1, -0.05) is 12.8 Å². The Balaban J connectivity index is 1.74. The molecule has 2 heterocycles. The Morgan fingerprint density at radius 3 is 2.46 bits per heavy atom. The number of nitrogens with one attached hydrogen (secondary N) is 1. The van der Waals surface area contributed by atoms with E-state index < -0.39 is 17.5 Å². The highest BCUT2D eigenvalue weighted by Crippen LogP contribution is 2.20. The summed E-state index contributed by atoms with van der Waals surface area (Å²) < 4.78 is 26.2. The fourth-order valence-corrected chi connectivity index (χ4v) is 2.84. The first-order chi connectivity index (χ1) is 11.6. The van der Waals surface area contributed by atoms with Gasteiger partial charge in [0.25, 0.3) is 5.91 Å². The molecule has 1 aromatic carbocycles. The minimum atomic E-state index is -1.00. The molecule has 1 aromatic heterocycles. The lowest BCUT2D eigenvalue weighted by Gasteiger charge is -2.22. The molecule has 0 bridgehead atoms. The van der Waals surface area contributed by atoms with Gasteiger partial charge in [0.2, 0.25) is 0 Å². The van der Waals surface area contributed by atoms with Crippen molar-refractivity contribution in [2.75, 3.05) is 23.3 Å². The molecule has 0 atom stereocenters. The molecule has 6 heteroatoms. The second-order valence-corrected chi connectivity index (χ2v) is 5.88. The van der Waals surface area contributed by atoms with E-state index in [1.807, 2.05) is 6.07 Å². The molecule has 0 unspecified atom stereocenters. The van der Waals surface area contributed by atoms with Crippen molar-refractivity contribution in [3.05, 3.63) is 53.9 Å². The van der Waals surface area contributed by atoms with Crippen molar-refractivity contribution in [3.8, 4) is 0 Å². The van der Waals surface area contributed by atoms with Crippen LogP contribution in [0.15, 0.2) is 36.5 Å². The fourth-order valence-electron chi connectivity index (χ4n) is 2.84. The van der Waals surface area contributed by atoms with E-state index in [0.29, 0.717) is 0 Å². The Hall–Kier alpha value is -2.50. The number of hydrogen-bond donors (Lipinski definition) is 1. The zero-order valence-corrected chi connectivity index (χ0v) is 13.3. The standard InChI is InChI=1S/C18H19F2N3O/c19-15-6-5-13(11-16(15)20)22-18(24)17-12-14(7-8-21-17)23-9-3-1-2-4-10-23/h5-8,11-12H,1-4,9-10H2,(H,22,24). The maximum Gasteiger partial charge on any atom is 0.274 e. The largest absolute Gasteiger partial charge is 0.371 e. The van der Waals surface area contributed by atoms with Crippen LogP contribution in [0, 0.1) is 11.6 Å². The van der Waals surface area contributed by atoms with Crippen LogP contribution in [-0.2, 0) is 0 Å². The molecule has 1 aliphatic rings. The Kier molecular flexibility index (Phi) is 5.03. The Labute approximate surface area is 139 Å². The monoisotopic (exact) mass is 331 g/mol. The molecule has 1 N–H and O–H groups in total. The third-order valence-corrected chi connectivity index (χ3v) is 4.12. The van der Waals surface area contributed by atoms with E-state index in [2.05, 4.69) is 15.2 Å². The van der Waals surface area contributed by atoms with Crippen molar-refractivity contribution in [3.63, 3.8) is 0 Å². The van der Waals surface area contributed by atoms with Crippen LogP contribution in [0.5, 0.6) is 0 Å². The quantitative estimate of drug-likeness (QED) is 0.925. The van der Waals surface area contributed by atoms with Crippen molar-refractivity contribution in [2.24, 2.45) is 0 Å². The summed E-state index contributed by atoms with van der Waals surface area (Å²) in [6.07, 6.45) is 6.33. The molecule has 4 nitrogen and oxygen atoms in total. The van der Waals surface area contributed by atoms with Gasteiger partial charge in [-0.15, -0.1) is 0 Å². The van der Waals surface area contributed by atoms with Gasteiger partial charge in [-0.25, -0.2) is 8.78 Å². The van der Waals surface area contributed by atoms with Crippen molar-refractivity contribution in [1.82, 2.24) is 4.98 Å². The van der Waals surface area contributed by atoms with Crippen LogP contribution >= 0.6 is 0 Å². The SMILES string of the molecule is O=C(Nc1ccc(F)c(F)c1)c1cc(N2CCCCCC2)ccn1. The average molecular weight is 331 g/mol. The van der Waals surface area contributed by atoms with E-state index in [1.54, 1.807) is 12.3 Å². The highest BCUT2D eigenvalue weighted by atomic mass is 19.2. The number of rotatable bonds is 3. The topological polar surface area (TPSA) is 45.2 Å². The lowest BCUT2D eigenvalue weighted by Crippen LogP contribution is -2.24. The third kappa shape index (κ3) is 3.88. The molecule has 1 fully saturated rings. The molecule has 126 valence electrons. The number of halogens is 2. The van der Waals surface area contributed by atoms with E-state index in [4.69, 9.17) is 0 Å². The lowest BCUT2D eigenvalue weighted by atomic mass is 10.2. The number of hydrogen-bond acceptors (Lipinski definition) is 3. The number of nitrogens with zero attached hydrogens (tertiary/aromatic N) is 2. The van der Waals surface area contributed by atoms with Crippen LogP contribution < -0.4 is 10.2 Å². The minimum absolute atomic E-state index is 0.195. The molecule has 0 aliphatic carbocycles. The molecular formula is C18H19F2N3O. The molecule has 1 saturated heterocycles. The predicted octanol–water partition coefficient (Wildman–Crippen LogP) is 3.99. The number of aromatic nitrogens is 1. The second-order valence-electron chi connectivity index (χ2n) is 5.88. The van der Waals surface area contributed by atoms with Crippen LogP contribution in [0.3, 0.4) is 0 Å². The summed E-state index contributed by atoms with van der Waals surface area (Å²) >= 11 is 0. The molecule has 1 aliphatic heterocycles. The first-order valence-electron chi connectivity index (χ1n) is 8.11. The van der Waals surface area contributed by atoms with Crippen molar-refractivity contribution in [1.29, 1.82) is 0 Å². The molecule has 24 heavy (non-hydrogen) atoms. The first kappa shape index (κ1) is 16.4. The van der Waals surface area contributed by atoms with Gasteiger partial charge in [0, 0.05) is 36.7 Å². The Bertz CT molecular complexity index is 728. The summed E-state index contributed by atoms with van der Waals surface area (Å²) in [6, 6.07) is 6.87. The summed E-state index contributed by atoms with van der Waals surface area (Å²) in [7, 11) is 0.